The summed E-state index contributed by atoms with van der Waals surface area (Å²) < 4.78 is 14.4. The lowest BCUT2D eigenvalue weighted by Crippen LogP contribution is -2.53. The molecule has 3 atom stereocenters. The van der Waals surface area contributed by atoms with Crippen molar-refractivity contribution in [3.63, 3.8) is 0 Å². The molecule has 4 rings (SSSR count). The molecule has 3 heterocycles. The molecule has 114 valence electrons. The standard InChI is InChI=1S/C18H25FN2/c1-21-13-6-7-14(21)11-18(10-13)8-9-20-12-16(18)15-4-2-3-5-17(15)19/h2-5,13-14,16,20H,6-12H2,1H3. The molecular weight excluding hydrogens is 263 g/mol. The van der Waals surface area contributed by atoms with Crippen LogP contribution in [0.3, 0.4) is 0 Å². The van der Waals surface area contributed by atoms with Gasteiger partial charge in [-0.3, -0.25) is 0 Å². The van der Waals surface area contributed by atoms with Crippen molar-refractivity contribution >= 4 is 0 Å². The van der Waals surface area contributed by atoms with Crippen molar-refractivity contribution < 1.29 is 4.39 Å². The first-order valence-corrected chi connectivity index (χ1v) is 8.37. The van der Waals surface area contributed by atoms with Crippen LogP contribution in [0.25, 0.3) is 0 Å². The minimum atomic E-state index is -0.0168. The van der Waals surface area contributed by atoms with Gasteiger partial charge in [-0.15, -0.1) is 0 Å². The van der Waals surface area contributed by atoms with Gasteiger partial charge in [0.1, 0.15) is 5.82 Å². The summed E-state index contributed by atoms with van der Waals surface area (Å²) in [4.78, 5) is 2.59. The average Bonchev–Trinajstić information content (AvgIpc) is 2.72. The van der Waals surface area contributed by atoms with E-state index in [1.165, 1.54) is 32.1 Å². The maximum Gasteiger partial charge on any atom is 0.126 e. The summed E-state index contributed by atoms with van der Waals surface area (Å²) in [7, 11) is 2.29. The highest BCUT2D eigenvalue weighted by Crippen LogP contribution is 2.55. The zero-order valence-electron chi connectivity index (χ0n) is 12.8. The fourth-order valence-electron chi connectivity index (χ4n) is 5.26. The van der Waals surface area contributed by atoms with Crippen LogP contribution in [-0.4, -0.2) is 37.1 Å². The summed E-state index contributed by atoms with van der Waals surface area (Å²) in [6.45, 7) is 2.03. The number of piperidine rings is 2. The highest BCUT2D eigenvalue weighted by Gasteiger charge is 2.51. The Balaban J connectivity index is 1.71. The van der Waals surface area contributed by atoms with E-state index in [1.54, 1.807) is 12.1 Å². The minimum Gasteiger partial charge on any atom is -0.316 e. The van der Waals surface area contributed by atoms with Gasteiger partial charge in [0, 0.05) is 24.5 Å². The van der Waals surface area contributed by atoms with E-state index in [9.17, 15) is 4.39 Å². The molecule has 3 saturated heterocycles. The van der Waals surface area contributed by atoms with Crippen LogP contribution in [0.2, 0.25) is 0 Å². The van der Waals surface area contributed by atoms with Gasteiger partial charge in [-0.05, 0) is 62.7 Å². The topological polar surface area (TPSA) is 15.3 Å². The smallest absolute Gasteiger partial charge is 0.126 e. The summed E-state index contributed by atoms with van der Waals surface area (Å²) in [5.41, 5.74) is 1.25. The molecule has 0 radical (unpaired) electrons. The first kappa shape index (κ1) is 13.7. The highest BCUT2D eigenvalue weighted by molar-refractivity contribution is 5.27. The number of hydrogen-bond donors (Lipinski definition) is 1. The van der Waals surface area contributed by atoms with Gasteiger partial charge in [0.25, 0.3) is 0 Å². The van der Waals surface area contributed by atoms with Crippen molar-refractivity contribution in [3.05, 3.63) is 35.6 Å². The summed E-state index contributed by atoms with van der Waals surface area (Å²) in [6, 6.07) is 8.87. The third-order valence-corrected chi connectivity index (χ3v) is 6.44. The van der Waals surface area contributed by atoms with Crippen LogP contribution in [0.4, 0.5) is 4.39 Å². The van der Waals surface area contributed by atoms with E-state index < -0.39 is 0 Å². The second kappa shape index (κ2) is 5.06. The van der Waals surface area contributed by atoms with Gasteiger partial charge < -0.3 is 10.2 Å². The molecule has 1 aromatic rings. The van der Waals surface area contributed by atoms with Gasteiger partial charge >= 0.3 is 0 Å². The monoisotopic (exact) mass is 288 g/mol. The number of hydrogen-bond acceptors (Lipinski definition) is 2. The molecular formula is C18H25FN2. The number of halogens is 1. The maximum absolute atomic E-state index is 14.4. The average molecular weight is 288 g/mol. The summed E-state index contributed by atoms with van der Waals surface area (Å²) in [5, 5.41) is 3.51. The summed E-state index contributed by atoms with van der Waals surface area (Å²) in [5.74, 6) is 0.320. The molecule has 3 fully saturated rings. The van der Waals surface area contributed by atoms with E-state index in [0.717, 1.165) is 30.7 Å². The van der Waals surface area contributed by atoms with Gasteiger partial charge in [0.05, 0.1) is 0 Å². The van der Waals surface area contributed by atoms with E-state index >= 15 is 0 Å². The molecule has 3 aliphatic rings. The zero-order chi connectivity index (χ0) is 14.4. The Hall–Kier alpha value is -0.930. The van der Waals surface area contributed by atoms with Crippen LogP contribution in [0.1, 0.15) is 43.6 Å². The molecule has 2 bridgehead atoms. The van der Waals surface area contributed by atoms with E-state index in [4.69, 9.17) is 0 Å². The Morgan fingerprint density at radius 2 is 1.90 bits per heavy atom. The Bertz CT molecular complexity index is 516. The van der Waals surface area contributed by atoms with Gasteiger partial charge in [-0.1, -0.05) is 18.2 Å². The van der Waals surface area contributed by atoms with Gasteiger partial charge in [-0.2, -0.15) is 0 Å². The fourth-order valence-corrected chi connectivity index (χ4v) is 5.26. The molecule has 2 nitrogen and oxygen atoms in total. The first-order valence-electron chi connectivity index (χ1n) is 8.37. The molecule has 0 aromatic heterocycles. The van der Waals surface area contributed by atoms with Crippen LogP contribution in [0.15, 0.2) is 24.3 Å². The number of benzene rings is 1. The number of rotatable bonds is 1. The fraction of sp³-hybridized carbons (Fsp3) is 0.667. The van der Waals surface area contributed by atoms with E-state index in [-0.39, 0.29) is 5.82 Å². The number of nitrogens with one attached hydrogen (secondary N) is 1. The van der Waals surface area contributed by atoms with Crippen molar-refractivity contribution in [2.24, 2.45) is 5.41 Å². The van der Waals surface area contributed by atoms with Crippen molar-refractivity contribution in [3.8, 4) is 0 Å². The lowest BCUT2D eigenvalue weighted by molar-refractivity contribution is 0.0187. The second-order valence-electron chi connectivity index (χ2n) is 7.35. The molecule has 3 unspecified atom stereocenters. The van der Waals surface area contributed by atoms with Crippen molar-refractivity contribution in [1.29, 1.82) is 0 Å². The molecule has 1 N–H and O–H groups in total. The quantitative estimate of drug-likeness (QED) is 0.854. The molecule has 0 aliphatic carbocycles. The number of fused-ring (bicyclic) bond motifs is 2. The third-order valence-electron chi connectivity index (χ3n) is 6.44. The first-order chi connectivity index (χ1) is 10.2. The lowest BCUT2D eigenvalue weighted by atomic mass is 9.61. The SMILES string of the molecule is CN1C2CCC1CC1(CCNCC1c1ccccc1F)C2. The van der Waals surface area contributed by atoms with E-state index in [2.05, 4.69) is 17.3 Å². The Labute approximate surface area is 126 Å². The second-order valence-corrected chi connectivity index (χ2v) is 7.35. The normalized spacial score (nSPS) is 39.8. The Morgan fingerprint density at radius 1 is 1.19 bits per heavy atom. The molecule has 21 heavy (non-hydrogen) atoms. The van der Waals surface area contributed by atoms with Crippen LogP contribution >= 0.6 is 0 Å². The largest absolute Gasteiger partial charge is 0.316 e. The van der Waals surface area contributed by atoms with Crippen LogP contribution in [-0.2, 0) is 0 Å². The molecule has 3 heteroatoms. The number of nitrogens with zero attached hydrogens (tertiary/aromatic N) is 1. The van der Waals surface area contributed by atoms with Crippen LogP contribution in [0.5, 0.6) is 0 Å². The molecule has 0 amide bonds. The molecule has 3 aliphatic heterocycles. The van der Waals surface area contributed by atoms with Crippen molar-refractivity contribution in [1.82, 2.24) is 10.2 Å². The third kappa shape index (κ3) is 2.13. The molecule has 1 spiro atoms. The van der Waals surface area contributed by atoms with Crippen LogP contribution in [0, 0.1) is 11.2 Å². The van der Waals surface area contributed by atoms with E-state index in [0.29, 0.717) is 11.3 Å². The van der Waals surface area contributed by atoms with Crippen molar-refractivity contribution in [2.45, 2.75) is 50.1 Å². The molecule has 0 saturated carbocycles. The lowest BCUT2D eigenvalue weighted by Gasteiger charge is -2.52. The van der Waals surface area contributed by atoms with Crippen molar-refractivity contribution in [2.75, 3.05) is 20.1 Å². The Morgan fingerprint density at radius 3 is 2.62 bits per heavy atom. The predicted molar refractivity (Wildman–Crippen MR) is 82.9 cm³/mol. The summed E-state index contributed by atoms with van der Waals surface area (Å²) >= 11 is 0. The zero-order valence-corrected chi connectivity index (χ0v) is 12.8. The minimum absolute atomic E-state index is 0.0168. The Kier molecular flexibility index (Phi) is 3.31. The van der Waals surface area contributed by atoms with Gasteiger partial charge in [0.2, 0.25) is 0 Å². The highest BCUT2D eigenvalue weighted by atomic mass is 19.1. The van der Waals surface area contributed by atoms with E-state index in [1.807, 2.05) is 12.1 Å². The maximum atomic E-state index is 14.4. The van der Waals surface area contributed by atoms with Crippen LogP contribution < -0.4 is 5.32 Å². The summed E-state index contributed by atoms with van der Waals surface area (Å²) in [6.07, 6.45) is 6.37. The van der Waals surface area contributed by atoms with Gasteiger partial charge in [-0.25, -0.2) is 4.39 Å². The predicted octanol–water partition coefficient (Wildman–Crippen LogP) is 3.15. The molecule has 1 aromatic carbocycles. The van der Waals surface area contributed by atoms with Gasteiger partial charge in [0.15, 0.2) is 0 Å².